The van der Waals surface area contributed by atoms with Crippen molar-refractivity contribution in [3.05, 3.63) is 70.8 Å². The standard InChI is InChI=1S/C18H22O/c1-3-12-19-14-17-10-8-16(9-11-17)13-18-7-5-4-6-15(18)2/h4-11H,3,12-14H2,1-2H3. The van der Waals surface area contributed by atoms with Crippen molar-refractivity contribution >= 4 is 0 Å². The molecule has 0 saturated carbocycles. The van der Waals surface area contributed by atoms with E-state index in [4.69, 9.17) is 4.74 Å². The Hall–Kier alpha value is -1.60. The van der Waals surface area contributed by atoms with E-state index in [1.807, 2.05) is 0 Å². The number of rotatable bonds is 6. The number of hydrogen-bond acceptors (Lipinski definition) is 1. The molecule has 0 spiro atoms. The van der Waals surface area contributed by atoms with Crippen LogP contribution < -0.4 is 0 Å². The van der Waals surface area contributed by atoms with Gasteiger partial charge < -0.3 is 4.74 Å². The third-order valence-corrected chi connectivity index (χ3v) is 3.30. The van der Waals surface area contributed by atoms with Crippen LogP contribution in [-0.2, 0) is 17.8 Å². The highest BCUT2D eigenvalue weighted by Crippen LogP contribution is 2.14. The Morgan fingerprint density at radius 1 is 0.895 bits per heavy atom. The predicted molar refractivity (Wildman–Crippen MR) is 80.4 cm³/mol. The van der Waals surface area contributed by atoms with Crippen LogP contribution in [0.5, 0.6) is 0 Å². The van der Waals surface area contributed by atoms with Gasteiger partial charge in [-0.15, -0.1) is 0 Å². The monoisotopic (exact) mass is 254 g/mol. The van der Waals surface area contributed by atoms with Crippen molar-refractivity contribution in [2.45, 2.75) is 33.3 Å². The molecule has 0 aromatic heterocycles. The highest BCUT2D eigenvalue weighted by molar-refractivity contribution is 5.32. The fraction of sp³-hybridized carbons (Fsp3) is 0.333. The van der Waals surface area contributed by atoms with Crippen molar-refractivity contribution < 1.29 is 4.74 Å². The molecule has 0 saturated heterocycles. The van der Waals surface area contributed by atoms with E-state index in [0.29, 0.717) is 0 Å². The van der Waals surface area contributed by atoms with Gasteiger partial charge in [0.25, 0.3) is 0 Å². The second-order valence-electron chi connectivity index (χ2n) is 4.97. The van der Waals surface area contributed by atoms with Gasteiger partial charge in [-0.05, 0) is 42.0 Å². The molecule has 0 aliphatic rings. The van der Waals surface area contributed by atoms with Gasteiger partial charge in [0, 0.05) is 6.61 Å². The lowest BCUT2D eigenvalue weighted by Gasteiger charge is -2.07. The molecule has 0 unspecified atom stereocenters. The fourth-order valence-corrected chi connectivity index (χ4v) is 2.12. The normalized spacial score (nSPS) is 10.6. The number of ether oxygens (including phenoxy) is 1. The summed E-state index contributed by atoms with van der Waals surface area (Å²) in [5.41, 5.74) is 5.37. The molecule has 0 bridgehead atoms. The van der Waals surface area contributed by atoms with E-state index >= 15 is 0 Å². The van der Waals surface area contributed by atoms with Gasteiger partial charge in [-0.1, -0.05) is 55.5 Å². The van der Waals surface area contributed by atoms with Crippen LogP contribution in [0.3, 0.4) is 0 Å². The Morgan fingerprint density at radius 2 is 1.58 bits per heavy atom. The van der Waals surface area contributed by atoms with Crippen LogP contribution >= 0.6 is 0 Å². The molecule has 0 heterocycles. The zero-order valence-corrected chi connectivity index (χ0v) is 11.9. The maximum Gasteiger partial charge on any atom is 0.0716 e. The Balaban J connectivity index is 1.97. The molecule has 0 amide bonds. The average molecular weight is 254 g/mol. The molecule has 0 aliphatic heterocycles. The molecule has 2 rings (SSSR count). The summed E-state index contributed by atoms with van der Waals surface area (Å²) in [6.45, 7) is 5.86. The highest BCUT2D eigenvalue weighted by atomic mass is 16.5. The SMILES string of the molecule is CCCOCc1ccc(Cc2ccccc2C)cc1. The third-order valence-electron chi connectivity index (χ3n) is 3.30. The first-order valence-corrected chi connectivity index (χ1v) is 6.99. The molecular weight excluding hydrogens is 232 g/mol. The summed E-state index contributed by atoms with van der Waals surface area (Å²) >= 11 is 0. The molecular formula is C18H22O. The Morgan fingerprint density at radius 3 is 2.26 bits per heavy atom. The number of hydrogen-bond donors (Lipinski definition) is 0. The maximum atomic E-state index is 5.55. The van der Waals surface area contributed by atoms with Gasteiger partial charge in [-0.2, -0.15) is 0 Å². The minimum Gasteiger partial charge on any atom is -0.377 e. The molecule has 2 aromatic rings. The van der Waals surface area contributed by atoms with Gasteiger partial charge >= 0.3 is 0 Å². The largest absolute Gasteiger partial charge is 0.377 e. The van der Waals surface area contributed by atoms with Crippen molar-refractivity contribution in [1.82, 2.24) is 0 Å². The Labute approximate surface area is 116 Å². The van der Waals surface area contributed by atoms with Crippen molar-refractivity contribution in [1.29, 1.82) is 0 Å². The van der Waals surface area contributed by atoms with Crippen LogP contribution in [0.4, 0.5) is 0 Å². The highest BCUT2D eigenvalue weighted by Gasteiger charge is 2.00. The van der Waals surface area contributed by atoms with E-state index in [0.717, 1.165) is 26.1 Å². The van der Waals surface area contributed by atoms with E-state index < -0.39 is 0 Å². The van der Waals surface area contributed by atoms with Crippen molar-refractivity contribution in [3.8, 4) is 0 Å². The summed E-state index contributed by atoms with van der Waals surface area (Å²) in [7, 11) is 0. The minimum atomic E-state index is 0.721. The average Bonchev–Trinajstić information content (AvgIpc) is 2.44. The van der Waals surface area contributed by atoms with Crippen molar-refractivity contribution in [3.63, 3.8) is 0 Å². The first-order valence-electron chi connectivity index (χ1n) is 6.99. The fourth-order valence-electron chi connectivity index (χ4n) is 2.12. The van der Waals surface area contributed by atoms with Crippen LogP contribution in [0, 0.1) is 6.92 Å². The molecule has 0 aliphatic carbocycles. The van der Waals surface area contributed by atoms with Gasteiger partial charge in [0.15, 0.2) is 0 Å². The van der Waals surface area contributed by atoms with Crippen LogP contribution in [0.25, 0.3) is 0 Å². The van der Waals surface area contributed by atoms with Crippen LogP contribution in [0.15, 0.2) is 48.5 Å². The zero-order valence-electron chi connectivity index (χ0n) is 11.9. The molecule has 0 atom stereocenters. The van der Waals surface area contributed by atoms with E-state index in [2.05, 4.69) is 62.4 Å². The summed E-state index contributed by atoms with van der Waals surface area (Å²) in [4.78, 5) is 0. The first kappa shape index (κ1) is 13.8. The van der Waals surface area contributed by atoms with Crippen molar-refractivity contribution in [2.75, 3.05) is 6.61 Å². The van der Waals surface area contributed by atoms with E-state index in [1.165, 1.54) is 22.3 Å². The van der Waals surface area contributed by atoms with Crippen LogP contribution in [0.1, 0.15) is 35.6 Å². The van der Waals surface area contributed by atoms with Crippen LogP contribution in [0.2, 0.25) is 0 Å². The smallest absolute Gasteiger partial charge is 0.0716 e. The lowest BCUT2D eigenvalue weighted by atomic mass is 10.00. The van der Waals surface area contributed by atoms with E-state index in [9.17, 15) is 0 Å². The molecule has 1 nitrogen and oxygen atoms in total. The molecule has 0 N–H and O–H groups in total. The van der Waals surface area contributed by atoms with Crippen molar-refractivity contribution in [2.24, 2.45) is 0 Å². The lowest BCUT2D eigenvalue weighted by Crippen LogP contribution is -1.95. The van der Waals surface area contributed by atoms with Gasteiger partial charge in [-0.3, -0.25) is 0 Å². The molecule has 1 heteroatoms. The summed E-state index contributed by atoms with van der Waals surface area (Å²) in [6.07, 6.45) is 2.08. The maximum absolute atomic E-state index is 5.55. The van der Waals surface area contributed by atoms with E-state index in [-0.39, 0.29) is 0 Å². The van der Waals surface area contributed by atoms with Gasteiger partial charge in [0.2, 0.25) is 0 Å². The summed E-state index contributed by atoms with van der Waals surface area (Å²) in [6, 6.07) is 17.3. The molecule has 0 radical (unpaired) electrons. The van der Waals surface area contributed by atoms with Gasteiger partial charge in [0.05, 0.1) is 6.61 Å². The summed E-state index contributed by atoms with van der Waals surface area (Å²) in [5, 5.41) is 0. The molecule has 19 heavy (non-hydrogen) atoms. The molecule has 2 aromatic carbocycles. The number of benzene rings is 2. The molecule has 100 valence electrons. The Bertz CT molecular complexity index is 499. The third kappa shape index (κ3) is 4.22. The van der Waals surface area contributed by atoms with Crippen LogP contribution in [-0.4, -0.2) is 6.61 Å². The van der Waals surface area contributed by atoms with Gasteiger partial charge in [-0.25, -0.2) is 0 Å². The zero-order chi connectivity index (χ0) is 13.5. The van der Waals surface area contributed by atoms with E-state index in [1.54, 1.807) is 0 Å². The first-order chi connectivity index (χ1) is 9.29. The minimum absolute atomic E-state index is 0.721. The summed E-state index contributed by atoms with van der Waals surface area (Å²) < 4.78 is 5.55. The Kier molecular flexibility index (Phi) is 5.17. The number of aryl methyl sites for hydroxylation is 1. The second-order valence-corrected chi connectivity index (χ2v) is 4.97. The van der Waals surface area contributed by atoms with Gasteiger partial charge in [0.1, 0.15) is 0 Å². The lowest BCUT2D eigenvalue weighted by molar-refractivity contribution is 0.121. The quantitative estimate of drug-likeness (QED) is 0.689. The molecule has 0 fully saturated rings. The summed E-state index contributed by atoms with van der Waals surface area (Å²) in [5.74, 6) is 0. The predicted octanol–water partition coefficient (Wildman–Crippen LogP) is 4.51. The topological polar surface area (TPSA) is 9.23 Å². The second kappa shape index (κ2) is 7.10.